The molecule has 1 heterocycles. The number of carbonyl (C=O) groups is 1. The highest BCUT2D eigenvalue weighted by Crippen LogP contribution is 2.14. The summed E-state index contributed by atoms with van der Waals surface area (Å²) in [5.74, 6) is 0.154. The Morgan fingerprint density at radius 2 is 1.79 bits per heavy atom. The molecule has 0 aliphatic carbocycles. The molecule has 2 aromatic carbocycles. The minimum atomic E-state index is -0.362. The van der Waals surface area contributed by atoms with Crippen LogP contribution >= 0.6 is 0 Å². The minimum absolute atomic E-state index is 0.233. The number of anilines is 2. The van der Waals surface area contributed by atoms with Gasteiger partial charge in [-0.3, -0.25) is 9.78 Å². The lowest BCUT2D eigenvalue weighted by atomic mass is 10.1. The number of ether oxygens (including phenoxy) is 1. The molecule has 0 atom stereocenters. The molecule has 0 aliphatic rings. The molecule has 3 rings (SSSR count). The summed E-state index contributed by atoms with van der Waals surface area (Å²) in [6.07, 6.45) is 0.413. The second-order valence-electron chi connectivity index (χ2n) is 6.81. The number of benzene rings is 2. The van der Waals surface area contributed by atoms with E-state index in [2.05, 4.69) is 20.5 Å². The van der Waals surface area contributed by atoms with Crippen LogP contribution in [0, 0.1) is 5.92 Å². The largest absolute Gasteiger partial charge is 0.462 e. The third kappa shape index (κ3) is 5.26. The van der Waals surface area contributed by atoms with E-state index in [-0.39, 0.29) is 23.4 Å². The Balaban J connectivity index is 1.64. The first-order valence-corrected chi connectivity index (χ1v) is 9.05. The lowest BCUT2D eigenvalue weighted by Gasteiger charge is -2.08. The normalized spacial score (nSPS) is 10.7. The Hall–Kier alpha value is -3.48. The number of H-pyrrole nitrogens is 1. The Labute approximate surface area is 162 Å². The molecule has 0 unspecified atom stereocenters. The van der Waals surface area contributed by atoms with Gasteiger partial charge in [-0.25, -0.2) is 4.79 Å². The summed E-state index contributed by atoms with van der Waals surface area (Å²) in [6.45, 7) is 4.34. The minimum Gasteiger partial charge on any atom is -0.462 e. The summed E-state index contributed by atoms with van der Waals surface area (Å²) in [4.78, 5) is 26.9. The fourth-order valence-electron chi connectivity index (χ4n) is 2.47. The predicted octanol–water partition coefficient (Wildman–Crippen LogP) is 3.31. The van der Waals surface area contributed by atoms with Gasteiger partial charge in [0.2, 0.25) is 5.95 Å². The van der Waals surface area contributed by atoms with Crippen LogP contribution in [0.15, 0.2) is 59.4 Å². The highest BCUT2D eigenvalue weighted by Gasteiger charge is 2.09. The van der Waals surface area contributed by atoms with Crippen LogP contribution in [0.25, 0.3) is 0 Å². The summed E-state index contributed by atoms with van der Waals surface area (Å²) in [6, 6.07) is 16.3. The first kappa shape index (κ1) is 19.3. The van der Waals surface area contributed by atoms with Gasteiger partial charge in [-0.05, 0) is 35.7 Å². The number of nitrogens with zero attached hydrogens (tertiary/aromatic N) is 2. The molecule has 0 aliphatic heterocycles. The van der Waals surface area contributed by atoms with Gasteiger partial charge in [-0.15, -0.1) is 10.2 Å². The predicted molar refractivity (Wildman–Crippen MR) is 107 cm³/mol. The van der Waals surface area contributed by atoms with E-state index >= 15 is 0 Å². The van der Waals surface area contributed by atoms with E-state index in [1.54, 1.807) is 24.3 Å². The van der Waals surface area contributed by atoms with Gasteiger partial charge in [0, 0.05) is 12.1 Å². The van der Waals surface area contributed by atoms with Crippen molar-refractivity contribution >= 4 is 17.6 Å². The number of hydrogen-bond donors (Lipinski definition) is 2. The molecule has 0 fully saturated rings. The number of esters is 1. The highest BCUT2D eigenvalue weighted by molar-refractivity contribution is 5.89. The molecular formula is C21H22N4O3. The topological polar surface area (TPSA) is 97.0 Å². The molecule has 0 radical (unpaired) electrons. The maximum atomic E-state index is 12.2. The number of hydrogen-bond acceptors (Lipinski definition) is 6. The monoisotopic (exact) mass is 378 g/mol. The average molecular weight is 378 g/mol. The van der Waals surface area contributed by atoms with Crippen LogP contribution in [-0.2, 0) is 11.2 Å². The number of aromatic nitrogens is 3. The quantitative estimate of drug-likeness (QED) is 0.612. The molecular weight excluding hydrogens is 356 g/mol. The number of nitrogens with one attached hydrogen (secondary N) is 2. The molecule has 0 saturated carbocycles. The zero-order valence-corrected chi connectivity index (χ0v) is 15.8. The van der Waals surface area contributed by atoms with Crippen molar-refractivity contribution in [3.63, 3.8) is 0 Å². The Morgan fingerprint density at radius 3 is 2.43 bits per heavy atom. The number of rotatable bonds is 7. The molecule has 0 amide bonds. The van der Waals surface area contributed by atoms with Crippen LogP contribution in [-0.4, -0.2) is 27.8 Å². The third-order valence-corrected chi connectivity index (χ3v) is 3.91. The molecule has 0 bridgehead atoms. The van der Waals surface area contributed by atoms with Crippen molar-refractivity contribution in [3.8, 4) is 0 Å². The lowest BCUT2D eigenvalue weighted by Crippen LogP contribution is -2.18. The molecule has 1 aromatic heterocycles. The van der Waals surface area contributed by atoms with E-state index < -0.39 is 0 Å². The molecule has 2 N–H and O–H groups in total. The maximum Gasteiger partial charge on any atom is 0.338 e. The van der Waals surface area contributed by atoms with E-state index in [1.165, 1.54) is 0 Å². The molecule has 144 valence electrons. The first-order valence-electron chi connectivity index (χ1n) is 9.05. The number of carbonyl (C=O) groups excluding carboxylic acids is 1. The lowest BCUT2D eigenvalue weighted by molar-refractivity contribution is 0.0459. The van der Waals surface area contributed by atoms with Gasteiger partial charge in [-0.2, -0.15) is 0 Å². The molecule has 28 heavy (non-hydrogen) atoms. The van der Waals surface area contributed by atoms with Crippen molar-refractivity contribution in [1.29, 1.82) is 0 Å². The summed E-state index contributed by atoms with van der Waals surface area (Å²) in [5, 5.41) is 11.0. The summed E-state index contributed by atoms with van der Waals surface area (Å²) >= 11 is 0. The smallest absolute Gasteiger partial charge is 0.338 e. The molecule has 3 aromatic rings. The summed E-state index contributed by atoms with van der Waals surface area (Å²) < 4.78 is 5.20. The van der Waals surface area contributed by atoms with Crippen molar-refractivity contribution in [2.24, 2.45) is 5.92 Å². The SMILES string of the molecule is CC(C)COC(=O)c1ccc(Nc2nnc(Cc3ccccc3)c(=O)[nH]2)cc1. The van der Waals surface area contributed by atoms with E-state index in [9.17, 15) is 9.59 Å². The van der Waals surface area contributed by atoms with Gasteiger partial charge in [0.25, 0.3) is 5.56 Å². The van der Waals surface area contributed by atoms with Gasteiger partial charge < -0.3 is 10.1 Å². The standard InChI is InChI=1S/C21H22N4O3/c1-14(2)13-28-20(27)16-8-10-17(11-9-16)22-21-23-19(26)18(24-25-21)12-15-6-4-3-5-7-15/h3-11,14H,12-13H2,1-2H3,(H2,22,23,25,26). The fraction of sp³-hybridized carbons (Fsp3) is 0.238. The van der Waals surface area contributed by atoms with E-state index in [0.717, 1.165) is 5.56 Å². The Morgan fingerprint density at radius 1 is 1.07 bits per heavy atom. The molecule has 0 spiro atoms. The van der Waals surface area contributed by atoms with Crippen LogP contribution in [0.3, 0.4) is 0 Å². The Kier molecular flexibility index (Phi) is 6.16. The van der Waals surface area contributed by atoms with E-state index in [4.69, 9.17) is 4.74 Å². The van der Waals surface area contributed by atoms with Crippen molar-refractivity contribution in [1.82, 2.24) is 15.2 Å². The Bertz CT molecular complexity index is 983. The zero-order chi connectivity index (χ0) is 19.9. The summed E-state index contributed by atoms with van der Waals surface area (Å²) in [7, 11) is 0. The fourth-order valence-corrected chi connectivity index (χ4v) is 2.47. The van der Waals surface area contributed by atoms with E-state index in [1.807, 2.05) is 44.2 Å². The number of aromatic amines is 1. The molecule has 7 nitrogen and oxygen atoms in total. The van der Waals surface area contributed by atoms with E-state index in [0.29, 0.717) is 30.0 Å². The first-order chi connectivity index (χ1) is 13.5. The van der Waals surface area contributed by atoms with Crippen molar-refractivity contribution in [3.05, 3.63) is 81.8 Å². The average Bonchev–Trinajstić information content (AvgIpc) is 2.69. The third-order valence-electron chi connectivity index (χ3n) is 3.91. The van der Waals surface area contributed by atoms with Crippen LogP contribution in [0.5, 0.6) is 0 Å². The summed E-state index contributed by atoms with van der Waals surface area (Å²) in [5.41, 5.74) is 2.17. The van der Waals surface area contributed by atoms with Crippen LogP contribution in [0.2, 0.25) is 0 Å². The van der Waals surface area contributed by atoms with Crippen molar-refractivity contribution in [2.45, 2.75) is 20.3 Å². The van der Waals surface area contributed by atoms with Gasteiger partial charge in [-0.1, -0.05) is 44.2 Å². The van der Waals surface area contributed by atoms with Crippen LogP contribution in [0.4, 0.5) is 11.6 Å². The molecule has 0 saturated heterocycles. The van der Waals surface area contributed by atoms with Crippen molar-refractivity contribution < 1.29 is 9.53 Å². The van der Waals surface area contributed by atoms with Gasteiger partial charge in [0.15, 0.2) is 0 Å². The van der Waals surface area contributed by atoms with Crippen LogP contribution in [0.1, 0.15) is 35.5 Å². The second kappa shape index (κ2) is 8.94. The van der Waals surface area contributed by atoms with Gasteiger partial charge in [0.1, 0.15) is 5.69 Å². The highest BCUT2D eigenvalue weighted by atomic mass is 16.5. The maximum absolute atomic E-state index is 12.2. The van der Waals surface area contributed by atoms with Gasteiger partial charge in [0.05, 0.1) is 12.2 Å². The van der Waals surface area contributed by atoms with Crippen molar-refractivity contribution in [2.75, 3.05) is 11.9 Å². The molecule has 7 heteroatoms. The van der Waals surface area contributed by atoms with Gasteiger partial charge >= 0.3 is 5.97 Å². The zero-order valence-electron chi connectivity index (χ0n) is 15.8. The second-order valence-corrected chi connectivity index (χ2v) is 6.81. The van der Waals surface area contributed by atoms with Crippen LogP contribution < -0.4 is 10.9 Å².